The summed E-state index contributed by atoms with van der Waals surface area (Å²) in [6, 6.07) is 8.39. The van der Waals surface area contributed by atoms with Crippen LogP contribution in [-0.4, -0.2) is 13.6 Å². The molecular formula is C18H26ClN. The van der Waals surface area contributed by atoms with E-state index in [-0.39, 0.29) is 0 Å². The van der Waals surface area contributed by atoms with E-state index in [1.165, 1.54) is 37.7 Å². The summed E-state index contributed by atoms with van der Waals surface area (Å²) in [4.78, 5) is 0. The van der Waals surface area contributed by atoms with Crippen molar-refractivity contribution in [3.8, 4) is 0 Å². The lowest BCUT2D eigenvalue weighted by atomic mass is 9.80. The van der Waals surface area contributed by atoms with Crippen molar-refractivity contribution in [2.75, 3.05) is 13.6 Å². The lowest BCUT2D eigenvalue weighted by Crippen LogP contribution is -2.25. The van der Waals surface area contributed by atoms with Gasteiger partial charge in [0, 0.05) is 5.02 Å². The fourth-order valence-electron chi connectivity index (χ4n) is 4.62. The van der Waals surface area contributed by atoms with Gasteiger partial charge in [0.25, 0.3) is 0 Å². The molecule has 4 atom stereocenters. The molecule has 1 nitrogen and oxygen atoms in total. The Hall–Kier alpha value is -0.530. The van der Waals surface area contributed by atoms with Gasteiger partial charge in [0.1, 0.15) is 0 Å². The molecule has 2 saturated carbocycles. The molecule has 0 radical (unpaired) electrons. The van der Waals surface area contributed by atoms with Crippen LogP contribution in [0, 0.1) is 23.7 Å². The second-order valence-electron chi connectivity index (χ2n) is 6.93. The van der Waals surface area contributed by atoms with E-state index in [2.05, 4.69) is 30.6 Å². The zero-order valence-corrected chi connectivity index (χ0v) is 13.2. The second kappa shape index (κ2) is 6.49. The Balaban J connectivity index is 1.60. The Labute approximate surface area is 128 Å². The summed E-state index contributed by atoms with van der Waals surface area (Å²) in [6.45, 7) is 1.13. The van der Waals surface area contributed by atoms with Crippen molar-refractivity contribution in [3.63, 3.8) is 0 Å². The highest BCUT2D eigenvalue weighted by Crippen LogP contribution is 2.50. The van der Waals surface area contributed by atoms with Gasteiger partial charge in [-0.05, 0) is 87.1 Å². The number of rotatable bonds is 6. The molecule has 2 bridgehead atoms. The fraction of sp³-hybridized carbons (Fsp3) is 0.667. The molecule has 0 heterocycles. The Morgan fingerprint density at radius 1 is 1.30 bits per heavy atom. The first-order chi connectivity index (χ1) is 9.74. The molecule has 1 aromatic carbocycles. The van der Waals surface area contributed by atoms with Gasteiger partial charge in [0.2, 0.25) is 0 Å². The first-order valence-corrected chi connectivity index (χ1v) is 8.51. The van der Waals surface area contributed by atoms with Crippen LogP contribution in [0.25, 0.3) is 0 Å². The Morgan fingerprint density at radius 3 is 2.85 bits per heavy atom. The van der Waals surface area contributed by atoms with Gasteiger partial charge in [-0.25, -0.2) is 0 Å². The van der Waals surface area contributed by atoms with Crippen molar-refractivity contribution >= 4 is 11.6 Å². The molecule has 20 heavy (non-hydrogen) atoms. The molecule has 0 aromatic heterocycles. The maximum absolute atomic E-state index is 6.11. The van der Waals surface area contributed by atoms with E-state index >= 15 is 0 Å². The zero-order valence-electron chi connectivity index (χ0n) is 12.4. The predicted molar refractivity (Wildman–Crippen MR) is 86.1 cm³/mol. The third-order valence-corrected chi connectivity index (χ3v) is 5.66. The van der Waals surface area contributed by atoms with Gasteiger partial charge in [-0.2, -0.15) is 0 Å². The highest BCUT2D eigenvalue weighted by atomic mass is 35.5. The number of fused-ring (bicyclic) bond motifs is 2. The summed E-state index contributed by atoms with van der Waals surface area (Å²) >= 11 is 6.11. The lowest BCUT2D eigenvalue weighted by Gasteiger charge is -2.27. The smallest absolute Gasteiger partial charge is 0.0408 e. The van der Waals surface area contributed by atoms with Crippen molar-refractivity contribution in [1.29, 1.82) is 0 Å². The molecule has 0 aliphatic heterocycles. The van der Waals surface area contributed by atoms with E-state index in [0.29, 0.717) is 0 Å². The van der Waals surface area contributed by atoms with Crippen LogP contribution in [0.15, 0.2) is 24.3 Å². The minimum absolute atomic E-state index is 0.753. The Bertz CT molecular complexity index is 445. The van der Waals surface area contributed by atoms with E-state index in [4.69, 9.17) is 11.6 Å². The molecule has 2 fully saturated rings. The molecule has 0 spiro atoms. The zero-order chi connectivity index (χ0) is 13.9. The van der Waals surface area contributed by atoms with E-state index in [9.17, 15) is 0 Å². The Kier molecular flexibility index (Phi) is 4.68. The van der Waals surface area contributed by atoms with Crippen molar-refractivity contribution in [1.82, 2.24) is 5.32 Å². The van der Waals surface area contributed by atoms with Crippen LogP contribution >= 0.6 is 11.6 Å². The highest BCUT2D eigenvalue weighted by Gasteiger charge is 2.39. The molecule has 1 N–H and O–H groups in total. The van der Waals surface area contributed by atoms with Crippen molar-refractivity contribution in [2.24, 2.45) is 23.7 Å². The van der Waals surface area contributed by atoms with Crippen molar-refractivity contribution in [3.05, 3.63) is 34.9 Å². The molecular weight excluding hydrogens is 266 g/mol. The average Bonchev–Trinajstić information content (AvgIpc) is 3.01. The molecule has 4 unspecified atom stereocenters. The van der Waals surface area contributed by atoms with Crippen LogP contribution in [0.1, 0.15) is 37.7 Å². The molecule has 2 aliphatic carbocycles. The number of hydrogen-bond acceptors (Lipinski definition) is 1. The Morgan fingerprint density at radius 2 is 2.20 bits per heavy atom. The molecule has 110 valence electrons. The lowest BCUT2D eigenvalue weighted by molar-refractivity contribution is 0.263. The predicted octanol–water partition coefficient (Wildman–Crippen LogP) is 4.54. The second-order valence-corrected chi connectivity index (χ2v) is 7.36. The van der Waals surface area contributed by atoms with Gasteiger partial charge >= 0.3 is 0 Å². The molecule has 3 rings (SSSR count). The number of halogens is 1. The number of nitrogens with one attached hydrogen (secondary N) is 1. The third-order valence-electron chi connectivity index (χ3n) is 5.43. The van der Waals surface area contributed by atoms with Gasteiger partial charge in [0.15, 0.2) is 0 Å². The summed E-state index contributed by atoms with van der Waals surface area (Å²) in [7, 11) is 2.08. The average molecular weight is 292 g/mol. The van der Waals surface area contributed by atoms with Gasteiger partial charge in [-0.3, -0.25) is 0 Å². The quantitative estimate of drug-likeness (QED) is 0.811. The minimum atomic E-state index is 0.753. The third kappa shape index (κ3) is 3.38. The molecule has 1 aromatic rings. The SMILES string of the molecule is CNCC(Cc1cccc(Cl)c1)CC1CC2CCC1C2. The monoisotopic (exact) mass is 291 g/mol. The first kappa shape index (κ1) is 14.4. The number of benzene rings is 1. The summed E-state index contributed by atoms with van der Waals surface area (Å²) in [5, 5.41) is 4.25. The van der Waals surface area contributed by atoms with Crippen LogP contribution in [0.4, 0.5) is 0 Å². The summed E-state index contributed by atoms with van der Waals surface area (Å²) in [5.74, 6) is 3.85. The van der Waals surface area contributed by atoms with Crippen LogP contribution < -0.4 is 5.32 Å². The summed E-state index contributed by atoms with van der Waals surface area (Å²) in [6.07, 6.45) is 8.59. The van der Waals surface area contributed by atoms with E-state index in [0.717, 1.165) is 41.7 Å². The maximum atomic E-state index is 6.11. The molecule has 2 heteroatoms. The highest BCUT2D eigenvalue weighted by molar-refractivity contribution is 6.30. The van der Waals surface area contributed by atoms with Gasteiger partial charge in [-0.1, -0.05) is 30.2 Å². The van der Waals surface area contributed by atoms with Crippen LogP contribution in [-0.2, 0) is 6.42 Å². The summed E-state index contributed by atoms with van der Waals surface area (Å²) < 4.78 is 0. The van der Waals surface area contributed by atoms with Crippen LogP contribution in [0.2, 0.25) is 5.02 Å². The van der Waals surface area contributed by atoms with Crippen molar-refractivity contribution < 1.29 is 0 Å². The topological polar surface area (TPSA) is 12.0 Å². The molecule has 2 aliphatic rings. The first-order valence-electron chi connectivity index (χ1n) is 8.13. The fourth-order valence-corrected chi connectivity index (χ4v) is 4.83. The van der Waals surface area contributed by atoms with Gasteiger partial charge < -0.3 is 5.32 Å². The largest absolute Gasteiger partial charge is 0.319 e. The van der Waals surface area contributed by atoms with E-state index in [1.807, 2.05) is 6.07 Å². The number of hydrogen-bond donors (Lipinski definition) is 1. The van der Waals surface area contributed by atoms with Crippen LogP contribution in [0.3, 0.4) is 0 Å². The molecule has 0 amide bonds. The normalized spacial score (nSPS) is 29.8. The van der Waals surface area contributed by atoms with Crippen LogP contribution in [0.5, 0.6) is 0 Å². The van der Waals surface area contributed by atoms with E-state index in [1.54, 1.807) is 0 Å². The maximum Gasteiger partial charge on any atom is 0.0408 e. The minimum Gasteiger partial charge on any atom is -0.319 e. The van der Waals surface area contributed by atoms with E-state index < -0.39 is 0 Å². The summed E-state index contributed by atoms with van der Waals surface area (Å²) in [5.41, 5.74) is 1.39. The standard InChI is InChI=1S/C18H26ClN/c1-20-12-15(7-13-3-2-4-18(19)11-13)10-17-9-14-5-6-16(17)8-14/h2-4,11,14-17,20H,5-10,12H2,1H3. The van der Waals surface area contributed by atoms with Crippen molar-refractivity contribution in [2.45, 2.75) is 38.5 Å². The molecule has 0 saturated heterocycles. The van der Waals surface area contributed by atoms with Gasteiger partial charge in [-0.15, -0.1) is 0 Å². The van der Waals surface area contributed by atoms with Gasteiger partial charge in [0.05, 0.1) is 0 Å².